The Kier molecular flexibility index (Phi) is 8.08. The number of benzene rings is 2. The van der Waals surface area contributed by atoms with E-state index in [0.717, 1.165) is 49.5 Å². The van der Waals surface area contributed by atoms with Crippen LogP contribution < -0.4 is 10.1 Å². The zero-order valence-corrected chi connectivity index (χ0v) is 25.3. The molecule has 9 heteroatoms. The summed E-state index contributed by atoms with van der Waals surface area (Å²) in [5.74, 6) is 1.13. The number of piperidine rings is 1. The van der Waals surface area contributed by atoms with Crippen LogP contribution in [0.25, 0.3) is 10.9 Å². The van der Waals surface area contributed by atoms with Crippen LogP contribution in [-0.4, -0.2) is 71.5 Å². The monoisotopic (exact) mass is 596 g/mol. The van der Waals surface area contributed by atoms with E-state index in [1.165, 1.54) is 42.3 Å². The SMILES string of the molecule is COC[C@H]1CC[C@@H](c2ccc3cc(CN4CC[C@H](Oc5ccc6c(c5)CN(C5CCC(=O)NC5=O)C6=O)C4)ccc3n2)CC1. The number of hydrogen-bond donors (Lipinski definition) is 1. The van der Waals surface area contributed by atoms with Crippen LogP contribution in [0.1, 0.15) is 78.0 Å². The van der Waals surface area contributed by atoms with E-state index in [2.05, 4.69) is 40.5 Å². The summed E-state index contributed by atoms with van der Waals surface area (Å²) >= 11 is 0. The number of fused-ring (bicyclic) bond motifs is 2. The molecule has 3 aromatic rings. The van der Waals surface area contributed by atoms with Crippen molar-refractivity contribution in [3.63, 3.8) is 0 Å². The maximum Gasteiger partial charge on any atom is 0.255 e. The number of nitrogens with zero attached hydrogens (tertiary/aromatic N) is 3. The lowest BCUT2D eigenvalue weighted by atomic mass is 9.80. The van der Waals surface area contributed by atoms with Gasteiger partial charge >= 0.3 is 0 Å². The molecule has 0 spiro atoms. The number of methoxy groups -OCH3 is 1. The molecule has 7 rings (SSSR count). The third-order valence-corrected chi connectivity index (χ3v) is 9.88. The normalized spacial score (nSPS) is 25.8. The molecule has 2 atom stereocenters. The molecule has 9 nitrogen and oxygen atoms in total. The maximum atomic E-state index is 13.0. The van der Waals surface area contributed by atoms with Gasteiger partial charge in [-0.25, -0.2) is 0 Å². The minimum absolute atomic E-state index is 0.0695. The van der Waals surface area contributed by atoms with Gasteiger partial charge in [-0.15, -0.1) is 0 Å². The molecule has 1 unspecified atom stereocenters. The average molecular weight is 597 g/mol. The van der Waals surface area contributed by atoms with Crippen LogP contribution in [0.2, 0.25) is 0 Å². The number of likely N-dealkylation sites (tertiary alicyclic amines) is 1. The Bertz CT molecular complexity index is 1580. The quantitative estimate of drug-likeness (QED) is 0.380. The summed E-state index contributed by atoms with van der Waals surface area (Å²) in [7, 11) is 1.79. The molecule has 1 saturated carbocycles. The molecule has 44 heavy (non-hydrogen) atoms. The van der Waals surface area contributed by atoms with Crippen molar-refractivity contribution in [2.45, 2.75) is 76.1 Å². The van der Waals surface area contributed by atoms with Crippen LogP contribution in [0, 0.1) is 5.92 Å². The van der Waals surface area contributed by atoms with Crippen LogP contribution in [-0.2, 0) is 27.4 Å². The van der Waals surface area contributed by atoms with Crippen molar-refractivity contribution in [3.05, 3.63) is 70.9 Å². The summed E-state index contributed by atoms with van der Waals surface area (Å²) in [6, 6.07) is 16.1. The Balaban J connectivity index is 0.936. The van der Waals surface area contributed by atoms with Crippen molar-refractivity contribution in [2.24, 2.45) is 5.92 Å². The fourth-order valence-corrected chi connectivity index (χ4v) is 7.49. The molecule has 1 aliphatic carbocycles. The van der Waals surface area contributed by atoms with Crippen molar-refractivity contribution in [1.29, 1.82) is 0 Å². The van der Waals surface area contributed by atoms with Crippen LogP contribution in [0.15, 0.2) is 48.5 Å². The number of rotatable bonds is 8. The Hall–Kier alpha value is -3.82. The van der Waals surface area contributed by atoms with Gasteiger partial charge in [0.1, 0.15) is 17.9 Å². The van der Waals surface area contributed by atoms with Gasteiger partial charge in [0.05, 0.1) is 5.52 Å². The number of amides is 3. The Morgan fingerprint density at radius 1 is 0.955 bits per heavy atom. The fraction of sp³-hybridized carbons (Fsp3) is 0.486. The second kappa shape index (κ2) is 12.3. The van der Waals surface area contributed by atoms with Crippen molar-refractivity contribution in [2.75, 3.05) is 26.8 Å². The fourth-order valence-electron chi connectivity index (χ4n) is 7.49. The number of nitrogens with one attached hydrogen (secondary N) is 1. The van der Waals surface area contributed by atoms with E-state index in [1.54, 1.807) is 18.1 Å². The van der Waals surface area contributed by atoms with Gasteiger partial charge in [0.15, 0.2) is 0 Å². The molecular weight excluding hydrogens is 556 g/mol. The highest BCUT2D eigenvalue weighted by atomic mass is 16.5. The third-order valence-electron chi connectivity index (χ3n) is 9.88. The molecule has 4 aliphatic rings. The predicted molar refractivity (Wildman–Crippen MR) is 165 cm³/mol. The molecule has 2 saturated heterocycles. The highest BCUT2D eigenvalue weighted by Gasteiger charge is 2.39. The van der Waals surface area contributed by atoms with Gasteiger partial charge in [-0.2, -0.15) is 0 Å². The molecule has 0 radical (unpaired) electrons. The zero-order valence-electron chi connectivity index (χ0n) is 25.3. The first-order valence-electron chi connectivity index (χ1n) is 16.0. The summed E-state index contributed by atoms with van der Waals surface area (Å²) in [5, 5.41) is 3.54. The molecule has 3 amide bonds. The first-order chi connectivity index (χ1) is 21.4. The van der Waals surface area contributed by atoms with E-state index in [-0.39, 0.29) is 24.3 Å². The number of carbonyl (C=O) groups excluding carboxylic acids is 3. The molecule has 3 fully saturated rings. The molecular formula is C35H40N4O5. The van der Waals surface area contributed by atoms with Crippen molar-refractivity contribution < 1.29 is 23.9 Å². The standard InChI is InChI=1S/C35H40N4O5/c1-43-21-22-2-5-24(6-3-22)30-11-7-25-16-23(4-10-31(25)36-30)18-38-15-14-28(20-38)44-27-8-9-29-26(17-27)19-39(35(29)42)32-12-13-33(40)37-34(32)41/h4,7-11,16-17,22,24,28,32H,2-3,5-6,12-15,18-21H2,1H3,(H,37,40,41)/t22-,24+,28-,32?/m0/s1. The molecule has 1 N–H and O–H groups in total. The van der Waals surface area contributed by atoms with Gasteiger partial charge in [0, 0.05) is 68.9 Å². The van der Waals surface area contributed by atoms with E-state index < -0.39 is 11.9 Å². The zero-order chi connectivity index (χ0) is 30.2. The molecule has 4 heterocycles. The minimum Gasteiger partial charge on any atom is -0.489 e. The summed E-state index contributed by atoms with van der Waals surface area (Å²) in [6.07, 6.45) is 6.41. The van der Waals surface area contributed by atoms with Gasteiger partial charge in [-0.3, -0.25) is 29.6 Å². The van der Waals surface area contributed by atoms with E-state index in [0.29, 0.717) is 30.4 Å². The Morgan fingerprint density at radius 3 is 2.64 bits per heavy atom. The molecule has 230 valence electrons. The number of imide groups is 1. The number of ether oxygens (including phenoxy) is 2. The molecule has 0 bridgehead atoms. The summed E-state index contributed by atoms with van der Waals surface area (Å²) < 4.78 is 11.7. The smallest absolute Gasteiger partial charge is 0.255 e. The van der Waals surface area contributed by atoms with Gasteiger partial charge in [-0.1, -0.05) is 12.1 Å². The van der Waals surface area contributed by atoms with Crippen molar-refractivity contribution >= 4 is 28.6 Å². The summed E-state index contributed by atoms with van der Waals surface area (Å²) in [4.78, 5) is 45.9. The molecule has 1 aromatic heterocycles. The van der Waals surface area contributed by atoms with Crippen LogP contribution >= 0.6 is 0 Å². The maximum absolute atomic E-state index is 13.0. The highest BCUT2D eigenvalue weighted by molar-refractivity contribution is 6.05. The average Bonchev–Trinajstić information content (AvgIpc) is 3.60. The summed E-state index contributed by atoms with van der Waals surface area (Å²) in [5.41, 5.74) is 5.03. The van der Waals surface area contributed by atoms with Crippen LogP contribution in [0.5, 0.6) is 5.75 Å². The second-order valence-corrected chi connectivity index (χ2v) is 12.9. The number of carbonyl (C=O) groups is 3. The van der Waals surface area contributed by atoms with Crippen molar-refractivity contribution in [3.8, 4) is 5.75 Å². The number of aromatic nitrogens is 1. The highest BCUT2D eigenvalue weighted by Crippen LogP contribution is 2.36. The Labute approximate surface area is 257 Å². The summed E-state index contributed by atoms with van der Waals surface area (Å²) in [6.45, 7) is 3.87. The lowest BCUT2D eigenvalue weighted by Gasteiger charge is -2.29. The molecule has 2 aromatic carbocycles. The first kappa shape index (κ1) is 28.9. The van der Waals surface area contributed by atoms with E-state index >= 15 is 0 Å². The molecule has 3 aliphatic heterocycles. The number of pyridine rings is 1. The lowest BCUT2D eigenvalue weighted by molar-refractivity contribution is -0.136. The topological polar surface area (TPSA) is 101 Å². The van der Waals surface area contributed by atoms with Gasteiger partial charge in [0.2, 0.25) is 11.8 Å². The predicted octanol–water partition coefficient (Wildman–Crippen LogP) is 4.57. The lowest BCUT2D eigenvalue weighted by Crippen LogP contribution is -2.52. The number of hydrogen-bond acceptors (Lipinski definition) is 7. The van der Waals surface area contributed by atoms with E-state index in [1.807, 2.05) is 12.1 Å². The minimum atomic E-state index is -0.612. The van der Waals surface area contributed by atoms with Crippen LogP contribution in [0.3, 0.4) is 0 Å². The Morgan fingerprint density at radius 2 is 1.82 bits per heavy atom. The third kappa shape index (κ3) is 5.95. The largest absolute Gasteiger partial charge is 0.489 e. The van der Waals surface area contributed by atoms with Crippen molar-refractivity contribution in [1.82, 2.24) is 20.1 Å². The van der Waals surface area contributed by atoms with Gasteiger partial charge in [0.25, 0.3) is 5.91 Å². The van der Waals surface area contributed by atoms with Gasteiger partial charge < -0.3 is 14.4 Å². The second-order valence-electron chi connectivity index (χ2n) is 12.9. The van der Waals surface area contributed by atoms with E-state index in [9.17, 15) is 14.4 Å². The van der Waals surface area contributed by atoms with E-state index in [4.69, 9.17) is 14.5 Å². The first-order valence-corrected chi connectivity index (χ1v) is 16.0. The van der Waals surface area contributed by atoms with Gasteiger partial charge in [-0.05, 0) is 92.0 Å². The van der Waals surface area contributed by atoms with Crippen LogP contribution in [0.4, 0.5) is 0 Å².